The zero-order chi connectivity index (χ0) is 104. The number of amides is 14. The first-order valence-electron chi connectivity index (χ1n) is 44.8. The Labute approximate surface area is 789 Å². The number of carboxylic acids is 1. The Balaban J connectivity index is 1.26. The molecule has 7 aliphatic heterocycles. The summed E-state index contributed by atoms with van der Waals surface area (Å²) in [7, 11) is 0. The summed E-state index contributed by atoms with van der Waals surface area (Å²) in [6.45, 7) is 7.72. The van der Waals surface area contributed by atoms with Gasteiger partial charge in [0.1, 0.15) is 183 Å². The van der Waals surface area contributed by atoms with Crippen molar-refractivity contribution in [3.05, 3.63) is 0 Å². The topological polar surface area (TPSA) is 869 Å². The maximum atomic E-state index is 15.9. The third-order valence-corrected chi connectivity index (χ3v) is 24.1. The van der Waals surface area contributed by atoms with Gasteiger partial charge in [0.05, 0.1) is 69.7 Å². The number of aliphatic hydroxyl groups is 16. The Morgan fingerprint density at radius 1 is 0.370 bits per heavy atom. The Kier molecular flexibility index (Phi) is 43.8. The molecule has 0 unspecified atom stereocenters. The summed E-state index contributed by atoms with van der Waals surface area (Å²) >= 11 is 0. The largest absolute Gasteiger partial charge is 0.480 e. The minimum Gasteiger partial charge on any atom is -0.480 e. The number of hydrogen-bond donors (Lipinski definition) is 30. The minimum absolute atomic E-state index is 0.0165. The first-order valence-corrected chi connectivity index (χ1v) is 44.8. The van der Waals surface area contributed by atoms with Crippen molar-refractivity contribution < 1.29 is 206 Å². The van der Waals surface area contributed by atoms with Gasteiger partial charge < -0.3 is 214 Å². The molecule has 14 amide bonds. The van der Waals surface area contributed by atoms with Crippen LogP contribution in [0, 0.1) is 5.92 Å². The zero-order valence-corrected chi connectivity index (χ0v) is 77.9. The van der Waals surface area contributed by atoms with Crippen LogP contribution in [0.4, 0.5) is 0 Å². The number of ether oxygens (including phenoxy) is 10. The van der Waals surface area contributed by atoms with Crippen LogP contribution in [0.25, 0.3) is 0 Å². The Hall–Kier alpha value is -9.03. The van der Waals surface area contributed by atoms with E-state index < -0.39 is 378 Å². The summed E-state index contributed by atoms with van der Waals surface area (Å²) in [5.74, 6) is -18.2. The molecule has 7 aliphatic rings. The molecule has 0 saturated carbocycles. The molecule has 7 heterocycles. The number of likely N-dealkylation sites (tertiary alicyclic amines) is 2. The standard InChI is InChI=1S/C81H135N15O42/c1-26(2)47(89-74(126)51(93-73(125)49(29(5)102)91-70(122)46(82)27(3)100)31(7)131-79-55(86-35(11)106)66(119)61(114)43(136-79)24-129-77-53(84-33(9)104)63(116)58(111)40(21-97)133-77)72(124)92-50(30(6)103)75(127)95-18-14-17-39(95)69(121)94-52(76(128)96-19-15-16-38(96)68(120)90-48(28(4)101)71(123)83-20-45(109)110)32(8)132-81-57(88-37(13)108)67(138-80-56(87-36(12)107)65(118)60(113)42(23-99)135-80)62(115)44(137-81)25-130-78-54(85-34(10)105)64(117)59(112)41(22-98)134-78/h26-32,38-44,46-67,77-81,97-103,111-119H,14-25,82H2,1-13H3,(H,83,123)(H,84,104)(H,85,105)(H,86,106)(H,87,107)(H,88,108)(H,89,126)(H,90,120)(H,91,122)(H,92,124)(H,93,125)(H,94,121)(H,109,110)/t27-,28-,29-,30-,31-,32-,38+,39+,40-,41-,42-,43-,44-,46+,47+,48+,49+,50+,51+,52+,53-,54-,55-,56-,57-,58-,59-,60-,61+,62+,63-,64-,65-,66-,67-,77-,78-,79+,80+,81+/m1/s1. The van der Waals surface area contributed by atoms with E-state index in [1.165, 1.54) is 13.8 Å². The predicted octanol–water partition coefficient (Wildman–Crippen LogP) is -17.8. The normalized spacial score (nSPS) is 33.3. The SMILES string of the molecule is CC(=O)N[C@H]1[C@@H](O[C@H](C)[C@H](NC(=O)[C@@H](NC(=O)[C@@H](N)[C@@H](C)O)[C@@H](C)O)C(=O)N[C@H](C(=O)N[C@H](C(=O)N2CCC[C@H]2C(=O)N[C@H](C(=O)N2CCC[C@H]2C(=O)N[C@H](C(=O)NCC(=O)O)[C@@H](C)O)[C@@H](C)O[C@H]2O[C@H](CO[C@@H]3O[C@H](CO)[C@@H](O)[C@H](O)[C@H]3NC(C)=O)[C@H](O)[C@H](O[C@@H]3O[C@H](CO)[C@@H](O)[C@H](O)[C@H]3NC(C)=O)[C@H]2NC(C)=O)[C@@H](C)O)C(C)C)O[C@H](CO[C@@H]2O[C@H](CO)[C@@H](O)[C@H](O)[C@H]2NC(C)=O)[C@H](O)[C@@H]1O. The van der Waals surface area contributed by atoms with Crippen LogP contribution in [0.5, 0.6) is 0 Å². The quantitative estimate of drug-likeness (QED) is 0.0269. The van der Waals surface area contributed by atoms with Crippen LogP contribution < -0.4 is 69.5 Å². The second-order valence-corrected chi connectivity index (χ2v) is 35.4. The molecule has 0 aliphatic carbocycles. The second-order valence-electron chi connectivity index (χ2n) is 35.4. The number of nitrogens with one attached hydrogen (secondary N) is 12. The van der Waals surface area contributed by atoms with Crippen molar-refractivity contribution in [2.75, 3.05) is 52.7 Å². The van der Waals surface area contributed by atoms with Gasteiger partial charge in [0.2, 0.25) is 82.7 Å². The Morgan fingerprint density at radius 2 is 0.688 bits per heavy atom. The molecule has 0 spiro atoms. The smallest absolute Gasteiger partial charge is 0.322 e. The van der Waals surface area contributed by atoms with Gasteiger partial charge in [-0.2, -0.15) is 0 Å². The fraction of sp³-hybridized carbons (Fsp3) is 0.815. The number of nitrogens with two attached hydrogens (primary N) is 1. The monoisotopic (exact) mass is 1990 g/mol. The molecule has 7 saturated heterocycles. The van der Waals surface area contributed by atoms with Crippen LogP contribution in [0.15, 0.2) is 0 Å². The molecule has 7 fully saturated rings. The van der Waals surface area contributed by atoms with E-state index in [-0.39, 0.29) is 38.8 Å². The van der Waals surface area contributed by atoms with Gasteiger partial charge >= 0.3 is 5.97 Å². The van der Waals surface area contributed by atoms with Crippen LogP contribution in [0.3, 0.4) is 0 Å². The van der Waals surface area contributed by atoms with E-state index in [0.29, 0.717) is 0 Å². The van der Waals surface area contributed by atoms with E-state index in [9.17, 15) is 135 Å². The highest BCUT2D eigenvalue weighted by atomic mass is 16.8. The van der Waals surface area contributed by atoms with Crippen LogP contribution in [-0.4, -0.2) is 482 Å². The molecule has 57 nitrogen and oxygen atoms in total. The van der Waals surface area contributed by atoms with Crippen molar-refractivity contribution in [3.8, 4) is 0 Å². The first-order chi connectivity index (χ1) is 64.6. The molecular formula is C81H135N15O42. The first kappa shape index (κ1) is 116. The number of carbonyl (C=O) groups excluding carboxylic acids is 14. The lowest BCUT2D eigenvalue weighted by molar-refractivity contribution is -0.339. The van der Waals surface area contributed by atoms with Crippen molar-refractivity contribution in [3.63, 3.8) is 0 Å². The molecule has 0 bridgehead atoms. The van der Waals surface area contributed by atoms with E-state index in [1.807, 2.05) is 5.32 Å². The number of aliphatic carboxylic acids is 1. The summed E-state index contributed by atoms with van der Waals surface area (Å²) in [6.07, 6.45) is -49.8. The summed E-state index contributed by atoms with van der Waals surface area (Å²) in [5, 5.41) is 213. The Bertz CT molecular complexity index is 4150. The number of carboxylic acid groups (broad SMARTS) is 1. The molecule has 0 aromatic rings. The maximum absolute atomic E-state index is 15.9. The summed E-state index contributed by atoms with van der Waals surface area (Å²) in [6, 6.07) is -26.2. The van der Waals surface area contributed by atoms with Gasteiger partial charge in [-0.25, -0.2) is 0 Å². The van der Waals surface area contributed by atoms with E-state index in [2.05, 4.69) is 58.5 Å². The van der Waals surface area contributed by atoms with Crippen molar-refractivity contribution in [2.45, 2.75) is 360 Å². The average molecular weight is 1990 g/mol. The minimum atomic E-state index is -2.22. The van der Waals surface area contributed by atoms with Crippen molar-refractivity contribution in [1.29, 1.82) is 0 Å². The van der Waals surface area contributed by atoms with Gasteiger partial charge in [-0.15, -0.1) is 0 Å². The molecule has 31 N–H and O–H groups in total. The van der Waals surface area contributed by atoms with Gasteiger partial charge in [0, 0.05) is 47.7 Å². The van der Waals surface area contributed by atoms with Crippen molar-refractivity contribution >= 4 is 88.7 Å². The molecule has 786 valence electrons. The van der Waals surface area contributed by atoms with Crippen LogP contribution in [0.1, 0.15) is 116 Å². The van der Waals surface area contributed by atoms with Crippen molar-refractivity contribution in [1.82, 2.24) is 73.6 Å². The number of carbonyl (C=O) groups is 15. The highest BCUT2D eigenvalue weighted by molar-refractivity contribution is 5.99. The molecule has 40 atom stereocenters. The molecule has 0 aromatic heterocycles. The molecule has 138 heavy (non-hydrogen) atoms. The molecule has 0 aromatic carbocycles. The third kappa shape index (κ3) is 29.8. The van der Waals surface area contributed by atoms with Crippen molar-refractivity contribution in [2.24, 2.45) is 11.7 Å². The van der Waals surface area contributed by atoms with Gasteiger partial charge in [-0.3, -0.25) is 71.9 Å². The fourth-order valence-corrected chi connectivity index (χ4v) is 16.7. The average Bonchev–Trinajstić information content (AvgIpc) is 0.788. The van der Waals surface area contributed by atoms with Gasteiger partial charge in [0.25, 0.3) is 0 Å². The number of aliphatic hydroxyl groups excluding tert-OH is 16. The lowest BCUT2D eigenvalue weighted by Gasteiger charge is -2.49. The number of rotatable bonds is 44. The van der Waals surface area contributed by atoms with Gasteiger partial charge in [-0.05, 0) is 73.1 Å². The molecule has 7 rings (SSSR count). The maximum Gasteiger partial charge on any atom is 0.322 e. The van der Waals surface area contributed by atoms with Gasteiger partial charge in [-0.1, -0.05) is 13.8 Å². The predicted molar refractivity (Wildman–Crippen MR) is 456 cm³/mol. The molecular weight excluding hydrogens is 1850 g/mol. The van der Waals surface area contributed by atoms with E-state index in [4.69, 9.17) is 53.1 Å². The second kappa shape index (κ2) is 52.1. The van der Waals surface area contributed by atoms with Crippen LogP contribution >= 0.6 is 0 Å². The summed E-state index contributed by atoms with van der Waals surface area (Å²) in [5.41, 5.74) is 5.86. The third-order valence-electron chi connectivity index (χ3n) is 24.1. The number of nitrogens with zero attached hydrogens (tertiary/aromatic N) is 2. The van der Waals surface area contributed by atoms with Crippen LogP contribution in [0.2, 0.25) is 0 Å². The zero-order valence-electron chi connectivity index (χ0n) is 77.9. The van der Waals surface area contributed by atoms with E-state index >= 15 is 24.0 Å². The number of hydrogen-bond acceptors (Lipinski definition) is 42. The summed E-state index contributed by atoms with van der Waals surface area (Å²) < 4.78 is 60.8. The lowest BCUT2D eigenvalue weighted by atomic mass is 9.94. The van der Waals surface area contributed by atoms with E-state index in [0.717, 1.165) is 86.0 Å². The molecule has 0 radical (unpaired) electrons. The van der Waals surface area contributed by atoms with Gasteiger partial charge in [0.15, 0.2) is 31.5 Å². The van der Waals surface area contributed by atoms with Crippen LogP contribution in [-0.2, 0) is 119 Å². The lowest BCUT2D eigenvalue weighted by Crippen LogP contribution is -2.70. The molecule has 57 heteroatoms. The fourth-order valence-electron chi connectivity index (χ4n) is 16.7. The Morgan fingerprint density at radius 3 is 1.09 bits per heavy atom. The highest BCUT2D eigenvalue weighted by Crippen LogP contribution is 2.35. The van der Waals surface area contributed by atoms with E-state index in [1.54, 1.807) is 0 Å². The summed E-state index contributed by atoms with van der Waals surface area (Å²) in [4.78, 5) is 210. The highest BCUT2D eigenvalue weighted by Gasteiger charge is 2.57.